The van der Waals surface area contributed by atoms with Crippen LogP contribution >= 0.6 is 0 Å². The molecule has 0 unspecified atom stereocenters. The summed E-state index contributed by atoms with van der Waals surface area (Å²) in [6.45, 7) is 3.70. The third kappa shape index (κ3) is 3.14. The quantitative estimate of drug-likeness (QED) is 0.908. The van der Waals surface area contributed by atoms with E-state index in [0.717, 1.165) is 31.5 Å². The van der Waals surface area contributed by atoms with Crippen LogP contribution < -0.4 is 10.6 Å². The molecule has 0 bridgehead atoms. The topological polar surface area (TPSA) is 71.8 Å². The maximum atomic E-state index is 13.7. The second kappa shape index (κ2) is 6.23. The van der Waals surface area contributed by atoms with Crippen LogP contribution in [0.15, 0.2) is 24.4 Å². The molecule has 22 heavy (non-hydrogen) atoms. The Bertz CT molecular complexity index is 678. The van der Waals surface area contributed by atoms with E-state index in [2.05, 4.69) is 20.9 Å². The van der Waals surface area contributed by atoms with Crippen molar-refractivity contribution < 1.29 is 9.18 Å². The summed E-state index contributed by atoms with van der Waals surface area (Å²) in [6.07, 6.45) is 3.53. The number of nitrogens with zero attached hydrogens (tertiary/aromatic N) is 3. The molecule has 0 saturated carbocycles. The molecular weight excluding hydrogens is 285 g/mol. The molecule has 1 saturated heterocycles. The molecule has 1 aliphatic rings. The summed E-state index contributed by atoms with van der Waals surface area (Å²) in [5.41, 5.74) is 1.22. The van der Waals surface area contributed by atoms with Crippen LogP contribution in [0.25, 0.3) is 0 Å². The maximum Gasteiger partial charge on any atom is 0.277 e. The molecule has 3 rings (SSSR count). The third-order valence-corrected chi connectivity index (χ3v) is 3.80. The Morgan fingerprint density at radius 3 is 2.95 bits per heavy atom. The van der Waals surface area contributed by atoms with Crippen LogP contribution in [0.2, 0.25) is 0 Å². The molecule has 1 aromatic carbocycles. The van der Waals surface area contributed by atoms with Gasteiger partial charge in [0, 0.05) is 0 Å². The third-order valence-electron chi connectivity index (χ3n) is 3.80. The van der Waals surface area contributed by atoms with Crippen molar-refractivity contribution in [3.63, 3.8) is 0 Å². The molecule has 0 spiro atoms. The summed E-state index contributed by atoms with van der Waals surface area (Å²) in [5, 5.41) is 13.7. The predicted molar refractivity (Wildman–Crippen MR) is 80.3 cm³/mol. The normalized spacial score (nSPS) is 15.7. The lowest BCUT2D eigenvalue weighted by Crippen LogP contribution is -2.29. The number of hydrogen-bond acceptors (Lipinski definition) is 4. The lowest BCUT2D eigenvalue weighted by atomic mass is 10.1. The van der Waals surface area contributed by atoms with Crippen LogP contribution in [-0.4, -0.2) is 34.0 Å². The predicted octanol–water partition coefficient (Wildman–Crippen LogP) is 1.90. The average Bonchev–Trinajstić information content (AvgIpc) is 3.02. The van der Waals surface area contributed by atoms with Crippen molar-refractivity contribution in [3.05, 3.63) is 41.5 Å². The van der Waals surface area contributed by atoms with Crippen molar-refractivity contribution in [2.45, 2.75) is 25.8 Å². The minimum atomic E-state index is -0.468. The van der Waals surface area contributed by atoms with Gasteiger partial charge in [-0.15, -0.1) is 5.10 Å². The first-order valence-electron chi connectivity index (χ1n) is 7.33. The molecule has 1 aliphatic heterocycles. The lowest BCUT2D eigenvalue weighted by Gasteiger charge is -2.22. The Labute approximate surface area is 127 Å². The number of anilines is 1. The van der Waals surface area contributed by atoms with Gasteiger partial charge in [0.05, 0.1) is 17.9 Å². The Kier molecular flexibility index (Phi) is 4.15. The van der Waals surface area contributed by atoms with Crippen LogP contribution in [0.1, 0.15) is 34.9 Å². The van der Waals surface area contributed by atoms with Gasteiger partial charge < -0.3 is 10.6 Å². The fraction of sp³-hybridized carbons (Fsp3) is 0.400. The van der Waals surface area contributed by atoms with Crippen molar-refractivity contribution >= 4 is 11.6 Å². The number of hydrogen-bond donors (Lipinski definition) is 2. The molecule has 1 fully saturated rings. The summed E-state index contributed by atoms with van der Waals surface area (Å²) in [6, 6.07) is 4.82. The maximum absolute atomic E-state index is 13.7. The molecule has 2 aromatic rings. The van der Waals surface area contributed by atoms with E-state index in [1.807, 2.05) is 6.92 Å². The Balaban J connectivity index is 1.72. The minimum absolute atomic E-state index is 0.154. The fourth-order valence-electron chi connectivity index (χ4n) is 2.55. The zero-order valence-corrected chi connectivity index (χ0v) is 12.3. The van der Waals surface area contributed by atoms with Gasteiger partial charge in [-0.05, 0) is 50.6 Å². The van der Waals surface area contributed by atoms with Gasteiger partial charge in [0.15, 0.2) is 5.69 Å². The minimum Gasteiger partial charge on any atom is -0.318 e. The first kappa shape index (κ1) is 14.6. The summed E-state index contributed by atoms with van der Waals surface area (Å²) in [5.74, 6) is -0.922. The van der Waals surface area contributed by atoms with Crippen molar-refractivity contribution in [1.82, 2.24) is 20.3 Å². The molecular formula is C15H18FN5O. The van der Waals surface area contributed by atoms with E-state index in [-0.39, 0.29) is 17.4 Å². The number of rotatable bonds is 3. The molecule has 7 heteroatoms. The van der Waals surface area contributed by atoms with E-state index in [4.69, 9.17) is 0 Å². The number of piperidine rings is 1. The van der Waals surface area contributed by atoms with Crippen LogP contribution in [-0.2, 0) is 0 Å². The number of nitrogens with one attached hydrogen (secondary N) is 2. The monoisotopic (exact) mass is 303 g/mol. The largest absolute Gasteiger partial charge is 0.318 e. The Hall–Kier alpha value is -2.28. The van der Waals surface area contributed by atoms with E-state index >= 15 is 0 Å². The van der Waals surface area contributed by atoms with Gasteiger partial charge in [0.25, 0.3) is 5.91 Å². The highest BCUT2D eigenvalue weighted by atomic mass is 19.1. The smallest absolute Gasteiger partial charge is 0.277 e. The SMILES string of the molecule is Cc1ccc(F)c(NC(=O)c2cn(C3CCNCC3)nn2)c1. The number of carbonyl (C=O) groups is 1. The highest BCUT2D eigenvalue weighted by molar-refractivity contribution is 6.02. The molecule has 1 aromatic heterocycles. The van der Waals surface area contributed by atoms with Crippen LogP contribution in [0.4, 0.5) is 10.1 Å². The number of halogens is 1. The van der Waals surface area contributed by atoms with Gasteiger partial charge in [0.1, 0.15) is 5.82 Å². The number of aryl methyl sites for hydroxylation is 1. The molecule has 0 atom stereocenters. The zero-order valence-electron chi connectivity index (χ0n) is 12.3. The van der Waals surface area contributed by atoms with Gasteiger partial charge in [-0.1, -0.05) is 11.3 Å². The molecule has 6 nitrogen and oxygen atoms in total. The van der Waals surface area contributed by atoms with Crippen molar-refractivity contribution in [1.29, 1.82) is 0 Å². The first-order chi connectivity index (χ1) is 10.6. The zero-order chi connectivity index (χ0) is 15.5. The van der Waals surface area contributed by atoms with Gasteiger partial charge in [-0.2, -0.15) is 0 Å². The fourth-order valence-corrected chi connectivity index (χ4v) is 2.55. The van der Waals surface area contributed by atoms with Gasteiger partial charge in [-0.25, -0.2) is 9.07 Å². The second-order valence-corrected chi connectivity index (χ2v) is 5.50. The van der Waals surface area contributed by atoms with E-state index in [1.165, 1.54) is 6.07 Å². The Morgan fingerprint density at radius 2 is 2.18 bits per heavy atom. The summed E-state index contributed by atoms with van der Waals surface area (Å²) >= 11 is 0. The number of carbonyl (C=O) groups excluding carboxylic acids is 1. The van der Waals surface area contributed by atoms with E-state index in [0.29, 0.717) is 0 Å². The molecule has 1 amide bonds. The van der Waals surface area contributed by atoms with E-state index in [9.17, 15) is 9.18 Å². The summed E-state index contributed by atoms with van der Waals surface area (Å²) in [4.78, 5) is 12.2. The van der Waals surface area contributed by atoms with E-state index in [1.54, 1.807) is 23.0 Å². The average molecular weight is 303 g/mol. The molecule has 2 heterocycles. The van der Waals surface area contributed by atoms with Crippen LogP contribution in [0.3, 0.4) is 0 Å². The Morgan fingerprint density at radius 1 is 1.41 bits per heavy atom. The number of amides is 1. The van der Waals surface area contributed by atoms with Crippen molar-refractivity contribution in [3.8, 4) is 0 Å². The van der Waals surface area contributed by atoms with Crippen molar-refractivity contribution in [2.24, 2.45) is 0 Å². The van der Waals surface area contributed by atoms with Crippen LogP contribution in [0.5, 0.6) is 0 Å². The first-order valence-corrected chi connectivity index (χ1v) is 7.33. The van der Waals surface area contributed by atoms with Gasteiger partial charge in [-0.3, -0.25) is 4.79 Å². The molecule has 116 valence electrons. The molecule has 0 radical (unpaired) electrons. The lowest BCUT2D eigenvalue weighted by molar-refractivity contribution is 0.102. The van der Waals surface area contributed by atoms with Gasteiger partial charge >= 0.3 is 0 Å². The van der Waals surface area contributed by atoms with Crippen molar-refractivity contribution in [2.75, 3.05) is 18.4 Å². The molecule has 0 aliphatic carbocycles. The van der Waals surface area contributed by atoms with Gasteiger partial charge in [0.2, 0.25) is 0 Å². The number of benzene rings is 1. The second-order valence-electron chi connectivity index (χ2n) is 5.50. The summed E-state index contributed by atoms with van der Waals surface area (Å²) in [7, 11) is 0. The number of aromatic nitrogens is 3. The standard InChI is InChI=1S/C15H18FN5O/c1-10-2-3-12(16)13(8-10)18-15(22)14-9-21(20-19-14)11-4-6-17-7-5-11/h2-3,8-9,11,17H,4-7H2,1H3,(H,18,22). The van der Waals surface area contributed by atoms with E-state index < -0.39 is 11.7 Å². The molecule has 2 N–H and O–H groups in total. The highest BCUT2D eigenvalue weighted by Crippen LogP contribution is 2.19. The summed E-state index contributed by atoms with van der Waals surface area (Å²) < 4.78 is 15.4. The van der Waals surface area contributed by atoms with Crippen LogP contribution in [0, 0.1) is 12.7 Å². The highest BCUT2D eigenvalue weighted by Gasteiger charge is 2.19.